The first-order chi connectivity index (χ1) is 9.45. The molecule has 4 nitrogen and oxygen atoms in total. The van der Waals surface area contributed by atoms with E-state index in [0.29, 0.717) is 5.92 Å². The van der Waals surface area contributed by atoms with E-state index >= 15 is 0 Å². The van der Waals surface area contributed by atoms with Gasteiger partial charge in [0.2, 0.25) is 10.0 Å². The standard InChI is InChI=1S/C14H21FN2O2S/c1-10(11-5-2-3-6-11)17-20(18,19)14-8-4-7-13(15)12(14)9-16/h4,7-8,10-11,17H,2-3,5-6,9,16H2,1H3. The molecule has 0 aromatic heterocycles. The number of hydrogen-bond acceptors (Lipinski definition) is 3. The van der Waals surface area contributed by atoms with Crippen LogP contribution in [0.5, 0.6) is 0 Å². The fraction of sp³-hybridized carbons (Fsp3) is 0.571. The van der Waals surface area contributed by atoms with Crippen LogP contribution < -0.4 is 10.5 Å². The second-order valence-corrected chi connectivity index (χ2v) is 7.06. The zero-order valence-corrected chi connectivity index (χ0v) is 12.4. The Morgan fingerprint density at radius 1 is 1.40 bits per heavy atom. The average Bonchev–Trinajstić information content (AvgIpc) is 2.91. The first-order valence-corrected chi connectivity index (χ1v) is 8.44. The van der Waals surface area contributed by atoms with Crippen molar-refractivity contribution in [1.29, 1.82) is 0 Å². The number of halogens is 1. The van der Waals surface area contributed by atoms with E-state index < -0.39 is 15.8 Å². The number of rotatable bonds is 5. The summed E-state index contributed by atoms with van der Waals surface area (Å²) >= 11 is 0. The Labute approximate surface area is 119 Å². The Hall–Kier alpha value is -0.980. The van der Waals surface area contributed by atoms with E-state index in [1.54, 1.807) is 0 Å². The molecule has 0 saturated heterocycles. The molecule has 0 spiro atoms. The van der Waals surface area contributed by atoms with Crippen molar-refractivity contribution in [2.75, 3.05) is 0 Å². The highest BCUT2D eigenvalue weighted by atomic mass is 32.2. The maximum absolute atomic E-state index is 13.6. The van der Waals surface area contributed by atoms with Crippen LogP contribution in [0.1, 0.15) is 38.2 Å². The van der Waals surface area contributed by atoms with Gasteiger partial charge in [-0.15, -0.1) is 0 Å². The summed E-state index contributed by atoms with van der Waals surface area (Å²) in [5.41, 5.74) is 5.51. The fourth-order valence-corrected chi connectivity index (χ4v) is 4.42. The highest BCUT2D eigenvalue weighted by Crippen LogP contribution is 2.28. The largest absolute Gasteiger partial charge is 0.326 e. The van der Waals surface area contributed by atoms with Crippen molar-refractivity contribution < 1.29 is 12.8 Å². The van der Waals surface area contributed by atoms with Crippen molar-refractivity contribution in [2.24, 2.45) is 11.7 Å². The van der Waals surface area contributed by atoms with E-state index in [-0.39, 0.29) is 23.0 Å². The summed E-state index contributed by atoms with van der Waals surface area (Å²) in [7, 11) is -3.73. The summed E-state index contributed by atoms with van der Waals surface area (Å²) in [6.07, 6.45) is 4.36. The van der Waals surface area contributed by atoms with Gasteiger partial charge in [0.25, 0.3) is 0 Å². The van der Waals surface area contributed by atoms with Crippen LogP contribution in [0.3, 0.4) is 0 Å². The molecular formula is C14H21FN2O2S. The van der Waals surface area contributed by atoms with Crippen LogP contribution in [0.25, 0.3) is 0 Å². The minimum Gasteiger partial charge on any atom is -0.326 e. The summed E-state index contributed by atoms with van der Waals surface area (Å²) in [4.78, 5) is -0.0511. The van der Waals surface area contributed by atoms with E-state index in [1.807, 2.05) is 6.92 Å². The molecule has 1 atom stereocenters. The Balaban J connectivity index is 2.24. The van der Waals surface area contributed by atoms with E-state index in [0.717, 1.165) is 25.7 Å². The molecule has 1 aromatic rings. The molecule has 1 unspecified atom stereocenters. The van der Waals surface area contributed by atoms with Gasteiger partial charge in [-0.1, -0.05) is 18.9 Å². The second kappa shape index (κ2) is 6.20. The van der Waals surface area contributed by atoms with Gasteiger partial charge >= 0.3 is 0 Å². The van der Waals surface area contributed by atoms with Crippen molar-refractivity contribution >= 4 is 10.0 Å². The quantitative estimate of drug-likeness (QED) is 0.875. The molecule has 112 valence electrons. The average molecular weight is 300 g/mol. The molecule has 0 heterocycles. The Morgan fingerprint density at radius 2 is 2.05 bits per heavy atom. The van der Waals surface area contributed by atoms with Gasteiger partial charge in [0, 0.05) is 18.2 Å². The van der Waals surface area contributed by atoms with Crippen LogP contribution in [-0.4, -0.2) is 14.5 Å². The van der Waals surface area contributed by atoms with E-state index in [1.165, 1.54) is 18.2 Å². The molecule has 1 fully saturated rings. The number of nitrogens with two attached hydrogens (primary N) is 1. The minimum atomic E-state index is -3.73. The number of hydrogen-bond donors (Lipinski definition) is 2. The summed E-state index contributed by atoms with van der Waals surface area (Å²) in [6.45, 7) is 1.73. The number of nitrogens with one attached hydrogen (secondary N) is 1. The van der Waals surface area contributed by atoms with E-state index in [2.05, 4.69) is 4.72 Å². The van der Waals surface area contributed by atoms with Crippen LogP contribution in [-0.2, 0) is 16.6 Å². The third kappa shape index (κ3) is 3.19. The first-order valence-electron chi connectivity index (χ1n) is 6.95. The Kier molecular flexibility index (Phi) is 4.78. The number of benzene rings is 1. The molecule has 1 aromatic carbocycles. The van der Waals surface area contributed by atoms with Crippen molar-refractivity contribution in [3.63, 3.8) is 0 Å². The normalized spacial score (nSPS) is 18.4. The van der Waals surface area contributed by atoms with Crippen molar-refractivity contribution in [3.8, 4) is 0 Å². The molecule has 0 amide bonds. The van der Waals surface area contributed by atoms with Gasteiger partial charge in [-0.3, -0.25) is 0 Å². The fourth-order valence-electron chi connectivity index (χ4n) is 2.85. The SMILES string of the molecule is CC(NS(=O)(=O)c1cccc(F)c1CN)C1CCCC1. The smallest absolute Gasteiger partial charge is 0.241 e. The Bertz CT molecular complexity index is 569. The summed E-state index contributed by atoms with van der Waals surface area (Å²) in [5.74, 6) is -0.219. The molecular weight excluding hydrogens is 279 g/mol. The molecule has 3 N–H and O–H groups in total. The lowest BCUT2D eigenvalue weighted by Gasteiger charge is -2.21. The zero-order chi connectivity index (χ0) is 14.8. The van der Waals surface area contributed by atoms with Crippen LogP contribution in [0, 0.1) is 11.7 Å². The first kappa shape index (κ1) is 15.4. The minimum absolute atomic E-state index is 0.0404. The van der Waals surface area contributed by atoms with Gasteiger partial charge in [0.15, 0.2) is 0 Å². The van der Waals surface area contributed by atoms with Crippen LogP contribution in [0.15, 0.2) is 23.1 Å². The molecule has 0 radical (unpaired) electrons. The van der Waals surface area contributed by atoms with Crippen LogP contribution >= 0.6 is 0 Å². The van der Waals surface area contributed by atoms with E-state index in [9.17, 15) is 12.8 Å². The zero-order valence-electron chi connectivity index (χ0n) is 11.6. The molecule has 6 heteroatoms. The van der Waals surface area contributed by atoms with Gasteiger partial charge < -0.3 is 5.73 Å². The van der Waals surface area contributed by atoms with E-state index in [4.69, 9.17) is 5.73 Å². The lowest BCUT2D eigenvalue weighted by Crippen LogP contribution is -2.37. The summed E-state index contributed by atoms with van der Waals surface area (Å²) in [6, 6.07) is 3.87. The maximum atomic E-state index is 13.6. The molecule has 1 aliphatic carbocycles. The van der Waals surface area contributed by atoms with Crippen LogP contribution in [0.2, 0.25) is 0 Å². The molecule has 1 aliphatic rings. The molecule has 0 aliphatic heterocycles. The molecule has 0 bridgehead atoms. The lowest BCUT2D eigenvalue weighted by atomic mass is 10.0. The van der Waals surface area contributed by atoms with Crippen molar-refractivity contribution in [2.45, 2.75) is 50.1 Å². The Morgan fingerprint density at radius 3 is 2.65 bits per heavy atom. The summed E-state index contributed by atoms with van der Waals surface area (Å²) in [5, 5.41) is 0. The lowest BCUT2D eigenvalue weighted by molar-refractivity contribution is 0.423. The second-order valence-electron chi connectivity index (χ2n) is 5.38. The van der Waals surface area contributed by atoms with Gasteiger partial charge in [0.05, 0.1) is 4.90 Å². The van der Waals surface area contributed by atoms with Gasteiger partial charge in [-0.05, 0) is 37.8 Å². The third-order valence-electron chi connectivity index (χ3n) is 4.02. The van der Waals surface area contributed by atoms with Crippen molar-refractivity contribution in [1.82, 2.24) is 4.72 Å². The van der Waals surface area contributed by atoms with Gasteiger partial charge in [0.1, 0.15) is 5.82 Å². The molecule has 20 heavy (non-hydrogen) atoms. The predicted molar refractivity (Wildman–Crippen MR) is 76.0 cm³/mol. The molecule has 1 saturated carbocycles. The monoisotopic (exact) mass is 300 g/mol. The van der Waals surface area contributed by atoms with Gasteiger partial charge in [-0.25, -0.2) is 17.5 Å². The topological polar surface area (TPSA) is 72.2 Å². The third-order valence-corrected chi connectivity index (χ3v) is 5.66. The van der Waals surface area contributed by atoms with Crippen molar-refractivity contribution in [3.05, 3.63) is 29.6 Å². The van der Waals surface area contributed by atoms with Crippen LogP contribution in [0.4, 0.5) is 4.39 Å². The summed E-state index contributed by atoms with van der Waals surface area (Å²) < 4.78 is 41.1. The highest BCUT2D eigenvalue weighted by Gasteiger charge is 2.27. The maximum Gasteiger partial charge on any atom is 0.241 e. The molecule has 2 rings (SSSR count). The highest BCUT2D eigenvalue weighted by molar-refractivity contribution is 7.89. The number of sulfonamides is 1. The van der Waals surface area contributed by atoms with Gasteiger partial charge in [-0.2, -0.15) is 0 Å². The predicted octanol–water partition coefficient (Wildman–Crippen LogP) is 2.14.